The third-order valence-corrected chi connectivity index (χ3v) is 3.20. The van der Waals surface area contributed by atoms with Gasteiger partial charge in [-0.3, -0.25) is 9.59 Å². The summed E-state index contributed by atoms with van der Waals surface area (Å²) in [7, 11) is 0. The first-order valence-corrected chi connectivity index (χ1v) is 7.04. The second-order valence-electron chi connectivity index (χ2n) is 4.89. The quantitative estimate of drug-likeness (QED) is 0.559. The van der Waals surface area contributed by atoms with E-state index in [-0.39, 0.29) is 11.8 Å². The molecule has 0 aliphatic rings. The van der Waals surface area contributed by atoms with Crippen LogP contribution < -0.4 is 16.4 Å². The molecule has 1 aromatic heterocycles. The number of benzene rings is 1. The van der Waals surface area contributed by atoms with E-state index in [0.29, 0.717) is 36.5 Å². The molecule has 22 heavy (non-hydrogen) atoms. The van der Waals surface area contributed by atoms with Crippen LogP contribution >= 0.6 is 0 Å². The highest BCUT2D eigenvalue weighted by atomic mass is 16.3. The molecule has 0 fully saturated rings. The maximum Gasteiger partial charge on any atom is 0.287 e. The van der Waals surface area contributed by atoms with Gasteiger partial charge in [0.1, 0.15) is 0 Å². The van der Waals surface area contributed by atoms with Crippen LogP contribution in [0.5, 0.6) is 0 Å². The Morgan fingerprint density at radius 1 is 1.09 bits per heavy atom. The van der Waals surface area contributed by atoms with Gasteiger partial charge in [-0.25, -0.2) is 0 Å². The molecule has 4 N–H and O–H groups in total. The number of carbonyl (C=O) groups excluding carboxylic acids is 2. The Kier molecular flexibility index (Phi) is 5.19. The van der Waals surface area contributed by atoms with Crippen molar-refractivity contribution in [1.82, 2.24) is 10.6 Å². The Morgan fingerprint density at radius 3 is 2.41 bits per heavy atom. The van der Waals surface area contributed by atoms with Gasteiger partial charge in [0.15, 0.2) is 5.76 Å². The number of nitrogens with two attached hydrogens (primary N) is 1. The molecule has 2 aromatic rings. The molecule has 0 saturated heterocycles. The lowest BCUT2D eigenvalue weighted by Gasteiger charge is -2.08. The van der Waals surface area contributed by atoms with Crippen molar-refractivity contribution in [3.63, 3.8) is 0 Å². The predicted molar refractivity (Wildman–Crippen MR) is 83.6 cm³/mol. The van der Waals surface area contributed by atoms with Gasteiger partial charge < -0.3 is 20.8 Å². The Hall–Kier alpha value is -2.76. The minimum Gasteiger partial charge on any atom is -0.459 e. The number of furan rings is 1. The number of para-hydroxylation sites is 1. The molecule has 0 spiro atoms. The summed E-state index contributed by atoms with van der Waals surface area (Å²) in [5.74, 6) is -0.145. The molecule has 0 saturated carbocycles. The fraction of sp³-hybridized carbons (Fsp3) is 0.250. The molecule has 0 bridgehead atoms. The van der Waals surface area contributed by atoms with E-state index in [1.165, 1.54) is 6.26 Å². The zero-order valence-corrected chi connectivity index (χ0v) is 12.4. The number of nitrogen functional groups attached to an aromatic ring is 1. The highest BCUT2D eigenvalue weighted by molar-refractivity contribution is 5.99. The predicted octanol–water partition coefficient (Wildman–Crippen LogP) is 1.72. The summed E-state index contributed by atoms with van der Waals surface area (Å²) >= 11 is 0. The molecular formula is C16H19N3O3. The molecule has 0 unspecified atom stereocenters. The summed E-state index contributed by atoms with van der Waals surface area (Å²) in [5.41, 5.74) is 7.43. The second kappa shape index (κ2) is 7.31. The molecule has 116 valence electrons. The van der Waals surface area contributed by atoms with E-state index in [2.05, 4.69) is 10.6 Å². The fourth-order valence-electron chi connectivity index (χ4n) is 1.98. The third kappa shape index (κ3) is 3.88. The van der Waals surface area contributed by atoms with Gasteiger partial charge in [-0.15, -0.1) is 0 Å². The molecule has 0 aliphatic carbocycles. The highest BCUT2D eigenvalue weighted by Crippen LogP contribution is 2.10. The second-order valence-corrected chi connectivity index (χ2v) is 4.89. The fourth-order valence-corrected chi connectivity index (χ4v) is 1.98. The lowest BCUT2D eigenvalue weighted by atomic mass is 10.1. The molecule has 0 aliphatic heterocycles. The first-order valence-electron chi connectivity index (χ1n) is 7.04. The Labute approximate surface area is 128 Å². The lowest BCUT2D eigenvalue weighted by molar-refractivity contribution is 0.0924. The van der Waals surface area contributed by atoms with Crippen molar-refractivity contribution in [3.8, 4) is 0 Å². The number of nitrogens with one attached hydrogen (secondary N) is 2. The summed E-state index contributed by atoms with van der Waals surface area (Å²) in [6, 6.07) is 8.63. The zero-order chi connectivity index (χ0) is 15.9. The van der Waals surface area contributed by atoms with Crippen LogP contribution in [0, 0.1) is 6.92 Å². The minimum atomic E-state index is -0.249. The van der Waals surface area contributed by atoms with E-state index in [1.54, 1.807) is 30.3 Å². The molecule has 6 nitrogen and oxygen atoms in total. The maximum absolute atomic E-state index is 11.9. The molecule has 2 amide bonds. The van der Waals surface area contributed by atoms with Crippen LogP contribution in [0.15, 0.2) is 41.0 Å². The first kappa shape index (κ1) is 15.6. The van der Waals surface area contributed by atoms with Crippen LogP contribution in [0.25, 0.3) is 0 Å². The Balaban J connectivity index is 1.70. The van der Waals surface area contributed by atoms with Gasteiger partial charge in [0.2, 0.25) is 0 Å². The topological polar surface area (TPSA) is 97.4 Å². The number of anilines is 1. The average molecular weight is 301 g/mol. The van der Waals surface area contributed by atoms with Crippen molar-refractivity contribution < 1.29 is 14.0 Å². The molecule has 6 heteroatoms. The van der Waals surface area contributed by atoms with Crippen LogP contribution in [-0.4, -0.2) is 24.9 Å². The standard InChI is InChI=1S/C16H19N3O3/c1-11-7-10-22-14(11)16(21)19-9-4-8-18-15(20)12-5-2-3-6-13(12)17/h2-3,5-7,10H,4,8-9,17H2,1H3,(H,18,20)(H,19,21). The van der Waals surface area contributed by atoms with Gasteiger partial charge in [-0.1, -0.05) is 12.1 Å². The van der Waals surface area contributed by atoms with Gasteiger partial charge in [0.05, 0.1) is 11.8 Å². The largest absolute Gasteiger partial charge is 0.459 e. The summed E-state index contributed by atoms with van der Waals surface area (Å²) in [6.45, 7) is 2.71. The van der Waals surface area contributed by atoms with Crippen molar-refractivity contribution >= 4 is 17.5 Å². The van der Waals surface area contributed by atoms with Crippen molar-refractivity contribution in [2.75, 3.05) is 18.8 Å². The molecule has 1 heterocycles. The van der Waals surface area contributed by atoms with Crippen LogP contribution in [0.2, 0.25) is 0 Å². The summed E-state index contributed by atoms with van der Waals surface area (Å²) in [6.07, 6.45) is 2.10. The summed E-state index contributed by atoms with van der Waals surface area (Å²) in [4.78, 5) is 23.7. The minimum absolute atomic E-state index is 0.216. The van der Waals surface area contributed by atoms with E-state index < -0.39 is 0 Å². The van der Waals surface area contributed by atoms with E-state index >= 15 is 0 Å². The summed E-state index contributed by atoms with van der Waals surface area (Å²) < 4.78 is 5.10. The number of carbonyl (C=O) groups is 2. The summed E-state index contributed by atoms with van der Waals surface area (Å²) in [5, 5.41) is 5.51. The van der Waals surface area contributed by atoms with Gasteiger partial charge in [-0.05, 0) is 31.5 Å². The molecule has 0 radical (unpaired) electrons. The molecule has 2 rings (SSSR count). The van der Waals surface area contributed by atoms with Crippen LogP contribution in [0.4, 0.5) is 5.69 Å². The van der Waals surface area contributed by atoms with Crippen LogP contribution in [0.3, 0.4) is 0 Å². The van der Waals surface area contributed by atoms with E-state index in [4.69, 9.17) is 10.2 Å². The van der Waals surface area contributed by atoms with Gasteiger partial charge in [-0.2, -0.15) is 0 Å². The van der Waals surface area contributed by atoms with Gasteiger partial charge >= 0.3 is 0 Å². The average Bonchev–Trinajstić information content (AvgIpc) is 2.93. The SMILES string of the molecule is Cc1ccoc1C(=O)NCCCNC(=O)c1ccccc1N. The number of amides is 2. The smallest absolute Gasteiger partial charge is 0.287 e. The first-order chi connectivity index (χ1) is 10.6. The number of aryl methyl sites for hydroxylation is 1. The van der Waals surface area contributed by atoms with Crippen molar-refractivity contribution in [2.45, 2.75) is 13.3 Å². The third-order valence-electron chi connectivity index (χ3n) is 3.20. The Morgan fingerprint density at radius 2 is 1.77 bits per heavy atom. The van der Waals surface area contributed by atoms with Crippen molar-refractivity contribution in [3.05, 3.63) is 53.5 Å². The molecule has 1 aromatic carbocycles. The monoisotopic (exact) mass is 301 g/mol. The van der Waals surface area contributed by atoms with Crippen LogP contribution in [0.1, 0.15) is 32.9 Å². The Bertz CT molecular complexity index is 664. The van der Waals surface area contributed by atoms with Gasteiger partial charge in [0.25, 0.3) is 11.8 Å². The number of rotatable bonds is 6. The number of hydrogen-bond donors (Lipinski definition) is 3. The van der Waals surface area contributed by atoms with Crippen LogP contribution in [-0.2, 0) is 0 Å². The molecular weight excluding hydrogens is 282 g/mol. The van der Waals surface area contributed by atoms with E-state index in [9.17, 15) is 9.59 Å². The number of hydrogen-bond acceptors (Lipinski definition) is 4. The molecule has 0 atom stereocenters. The van der Waals surface area contributed by atoms with Gasteiger partial charge in [0, 0.05) is 24.3 Å². The normalized spacial score (nSPS) is 10.2. The van der Waals surface area contributed by atoms with E-state index in [0.717, 1.165) is 5.56 Å². The van der Waals surface area contributed by atoms with Crippen molar-refractivity contribution in [1.29, 1.82) is 0 Å². The zero-order valence-electron chi connectivity index (χ0n) is 12.4. The van der Waals surface area contributed by atoms with Crippen molar-refractivity contribution in [2.24, 2.45) is 0 Å². The van der Waals surface area contributed by atoms with E-state index in [1.807, 2.05) is 6.92 Å². The maximum atomic E-state index is 11.9. The lowest BCUT2D eigenvalue weighted by Crippen LogP contribution is -2.30. The highest BCUT2D eigenvalue weighted by Gasteiger charge is 2.11.